The molecule has 0 spiro atoms. The van der Waals surface area contributed by atoms with Gasteiger partial charge in [-0.3, -0.25) is 0 Å². The zero-order chi connectivity index (χ0) is 17.4. The highest BCUT2D eigenvalue weighted by molar-refractivity contribution is 5.49. The van der Waals surface area contributed by atoms with E-state index in [-0.39, 0.29) is 0 Å². The summed E-state index contributed by atoms with van der Waals surface area (Å²) in [5.41, 5.74) is 3.02. The average molecular weight is 340 g/mol. The van der Waals surface area contributed by atoms with Crippen molar-refractivity contribution in [1.29, 1.82) is 0 Å². The number of fused-ring (bicyclic) bond motifs is 1. The van der Waals surface area contributed by atoms with Gasteiger partial charge in [0.15, 0.2) is 0 Å². The van der Waals surface area contributed by atoms with Gasteiger partial charge in [-0.25, -0.2) is 15.0 Å². The number of rotatable bonds is 4. The van der Waals surface area contributed by atoms with Gasteiger partial charge in [-0.2, -0.15) is 4.98 Å². The van der Waals surface area contributed by atoms with Crippen LogP contribution >= 0.6 is 0 Å². The molecular formula is C17H20N6O2. The van der Waals surface area contributed by atoms with Crippen molar-refractivity contribution >= 4 is 0 Å². The van der Waals surface area contributed by atoms with E-state index >= 15 is 0 Å². The van der Waals surface area contributed by atoms with Crippen molar-refractivity contribution in [2.75, 3.05) is 7.11 Å². The van der Waals surface area contributed by atoms with Gasteiger partial charge in [0, 0.05) is 11.8 Å². The SMILES string of the molecule is COc1cc(-c2noc(Cn3cnc4c3C[C@H](C)[C@@H](C)C4)n2)ncn1. The molecule has 1 aliphatic rings. The van der Waals surface area contributed by atoms with Gasteiger partial charge in [-0.1, -0.05) is 19.0 Å². The van der Waals surface area contributed by atoms with Crippen molar-refractivity contribution in [3.63, 3.8) is 0 Å². The highest BCUT2D eigenvalue weighted by Crippen LogP contribution is 2.29. The first kappa shape index (κ1) is 15.7. The molecule has 8 nitrogen and oxygen atoms in total. The van der Waals surface area contributed by atoms with Gasteiger partial charge in [0.25, 0.3) is 0 Å². The molecular weight excluding hydrogens is 320 g/mol. The summed E-state index contributed by atoms with van der Waals surface area (Å²) in [6, 6.07) is 1.68. The maximum absolute atomic E-state index is 5.39. The summed E-state index contributed by atoms with van der Waals surface area (Å²) in [6.07, 6.45) is 5.34. The molecule has 25 heavy (non-hydrogen) atoms. The van der Waals surface area contributed by atoms with Gasteiger partial charge in [-0.15, -0.1) is 0 Å². The monoisotopic (exact) mass is 340 g/mol. The molecule has 0 aromatic carbocycles. The second-order valence-electron chi connectivity index (χ2n) is 6.59. The molecule has 0 radical (unpaired) electrons. The third kappa shape index (κ3) is 2.99. The Morgan fingerprint density at radius 1 is 1.20 bits per heavy atom. The number of hydrogen-bond acceptors (Lipinski definition) is 7. The molecule has 0 saturated carbocycles. The van der Waals surface area contributed by atoms with Gasteiger partial charge < -0.3 is 13.8 Å². The summed E-state index contributed by atoms with van der Waals surface area (Å²) in [6.45, 7) is 5.09. The topological polar surface area (TPSA) is 91.8 Å². The first-order valence-electron chi connectivity index (χ1n) is 8.36. The lowest BCUT2D eigenvalue weighted by atomic mass is 9.82. The van der Waals surface area contributed by atoms with Gasteiger partial charge in [-0.05, 0) is 24.7 Å². The normalized spacial score (nSPS) is 19.6. The van der Waals surface area contributed by atoms with E-state index in [0.29, 0.717) is 41.7 Å². The molecule has 8 heteroatoms. The number of ether oxygens (including phenoxy) is 1. The fraction of sp³-hybridized carbons (Fsp3) is 0.471. The molecule has 0 aliphatic heterocycles. The zero-order valence-corrected chi connectivity index (χ0v) is 14.5. The van der Waals surface area contributed by atoms with Crippen molar-refractivity contribution in [3.8, 4) is 17.4 Å². The van der Waals surface area contributed by atoms with Crippen LogP contribution in [-0.2, 0) is 19.4 Å². The Hall–Kier alpha value is -2.77. The first-order chi connectivity index (χ1) is 12.1. The Morgan fingerprint density at radius 3 is 2.88 bits per heavy atom. The van der Waals surface area contributed by atoms with Gasteiger partial charge in [0.1, 0.15) is 18.6 Å². The van der Waals surface area contributed by atoms with Gasteiger partial charge >= 0.3 is 0 Å². The van der Waals surface area contributed by atoms with E-state index in [0.717, 1.165) is 12.8 Å². The molecule has 130 valence electrons. The second kappa shape index (κ2) is 6.27. The lowest BCUT2D eigenvalue weighted by Crippen LogP contribution is -2.22. The van der Waals surface area contributed by atoms with Crippen molar-refractivity contribution < 1.29 is 9.26 Å². The van der Waals surface area contributed by atoms with Crippen LogP contribution in [0.5, 0.6) is 5.88 Å². The van der Waals surface area contributed by atoms with Crippen molar-refractivity contribution in [3.05, 3.63) is 36.0 Å². The summed E-state index contributed by atoms with van der Waals surface area (Å²) in [5, 5.41) is 4.02. The van der Waals surface area contributed by atoms with E-state index in [1.165, 1.54) is 17.7 Å². The van der Waals surface area contributed by atoms with Crippen LogP contribution in [0.15, 0.2) is 23.2 Å². The predicted octanol–water partition coefficient (Wildman–Crippen LogP) is 2.15. The smallest absolute Gasteiger partial charge is 0.246 e. The molecule has 3 heterocycles. The van der Waals surface area contributed by atoms with E-state index in [4.69, 9.17) is 9.26 Å². The fourth-order valence-electron chi connectivity index (χ4n) is 3.15. The van der Waals surface area contributed by atoms with E-state index in [1.54, 1.807) is 13.2 Å². The molecule has 0 unspecified atom stereocenters. The van der Waals surface area contributed by atoms with E-state index in [2.05, 4.69) is 43.5 Å². The van der Waals surface area contributed by atoms with E-state index in [1.807, 2.05) is 6.33 Å². The molecule has 0 N–H and O–H groups in total. The van der Waals surface area contributed by atoms with Crippen LogP contribution in [-0.4, -0.2) is 36.8 Å². The Kier molecular flexibility index (Phi) is 3.95. The lowest BCUT2D eigenvalue weighted by Gasteiger charge is -2.25. The Bertz CT molecular complexity index is 887. The molecule has 3 aromatic heterocycles. The molecule has 4 rings (SSSR count). The average Bonchev–Trinajstić information content (AvgIpc) is 3.24. The summed E-state index contributed by atoms with van der Waals surface area (Å²) >= 11 is 0. The minimum Gasteiger partial charge on any atom is -0.481 e. The molecule has 1 aliphatic carbocycles. The first-order valence-corrected chi connectivity index (χ1v) is 8.36. The number of nitrogens with zero attached hydrogens (tertiary/aromatic N) is 6. The lowest BCUT2D eigenvalue weighted by molar-refractivity contribution is 0.341. The van der Waals surface area contributed by atoms with Crippen molar-refractivity contribution in [2.24, 2.45) is 11.8 Å². The van der Waals surface area contributed by atoms with E-state index in [9.17, 15) is 0 Å². The molecule has 0 bridgehead atoms. The third-order valence-corrected chi connectivity index (χ3v) is 4.89. The maximum atomic E-state index is 5.39. The van der Waals surface area contributed by atoms with Crippen LogP contribution < -0.4 is 4.74 Å². The van der Waals surface area contributed by atoms with Crippen molar-refractivity contribution in [2.45, 2.75) is 33.2 Å². The van der Waals surface area contributed by atoms with Crippen LogP contribution in [0, 0.1) is 11.8 Å². The highest BCUT2D eigenvalue weighted by atomic mass is 16.5. The molecule has 0 fully saturated rings. The quantitative estimate of drug-likeness (QED) is 0.718. The summed E-state index contributed by atoms with van der Waals surface area (Å²) < 4.78 is 12.6. The molecule has 0 saturated heterocycles. The van der Waals surface area contributed by atoms with E-state index < -0.39 is 0 Å². The van der Waals surface area contributed by atoms with Crippen LogP contribution in [0.1, 0.15) is 31.1 Å². The molecule has 0 amide bonds. The number of methoxy groups -OCH3 is 1. The highest BCUT2D eigenvalue weighted by Gasteiger charge is 2.26. The summed E-state index contributed by atoms with van der Waals surface area (Å²) in [7, 11) is 1.55. The number of hydrogen-bond donors (Lipinski definition) is 0. The second-order valence-corrected chi connectivity index (χ2v) is 6.59. The van der Waals surface area contributed by atoms with Crippen LogP contribution in [0.3, 0.4) is 0 Å². The van der Waals surface area contributed by atoms with Crippen molar-refractivity contribution in [1.82, 2.24) is 29.7 Å². The summed E-state index contributed by atoms with van der Waals surface area (Å²) in [5.74, 6) is 2.72. The maximum Gasteiger partial charge on any atom is 0.246 e. The minimum atomic E-state index is 0.423. The third-order valence-electron chi connectivity index (χ3n) is 4.89. The van der Waals surface area contributed by atoms with Gasteiger partial charge in [0.2, 0.25) is 17.6 Å². The van der Waals surface area contributed by atoms with Gasteiger partial charge in [0.05, 0.1) is 19.1 Å². The standard InChI is InChI=1S/C17H20N6O2/c1-10-4-12-14(5-11(10)2)23(9-20-12)7-16-21-17(22-25-16)13-6-15(24-3)19-8-18-13/h6,8-11H,4-5,7H2,1-3H3/t10-,11-/m0/s1. The minimum absolute atomic E-state index is 0.423. The van der Waals surface area contributed by atoms with Crippen LogP contribution in [0.2, 0.25) is 0 Å². The number of imidazole rings is 1. The zero-order valence-electron chi connectivity index (χ0n) is 14.5. The Balaban J connectivity index is 1.56. The summed E-state index contributed by atoms with van der Waals surface area (Å²) in [4.78, 5) is 17.1. The Labute approximate surface area is 145 Å². The Morgan fingerprint density at radius 2 is 2.04 bits per heavy atom. The molecule has 3 aromatic rings. The molecule has 2 atom stereocenters. The number of aromatic nitrogens is 6. The predicted molar refractivity (Wildman–Crippen MR) is 88.9 cm³/mol. The largest absolute Gasteiger partial charge is 0.481 e. The van der Waals surface area contributed by atoms with Crippen LogP contribution in [0.4, 0.5) is 0 Å². The van der Waals surface area contributed by atoms with Crippen LogP contribution in [0.25, 0.3) is 11.5 Å². The fourth-order valence-corrected chi connectivity index (χ4v) is 3.15.